The molecule has 0 fully saturated rings. The molecular weight excluding hydrogens is 314 g/mol. The largest absolute Gasteiger partial charge is 0.483 e. The number of aromatic nitrogens is 1. The maximum absolute atomic E-state index is 12.2. The molecular formula is C17H17NO4S. The van der Waals surface area contributed by atoms with Crippen molar-refractivity contribution in [3.8, 4) is 5.75 Å². The molecule has 1 aliphatic rings. The fourth-order valence-electron chi connectivity index (χ4n) is 2.57. The highest BCUT2D eigenvalue weighted by atomic mass is 32.2. The molecule has 0 atom stereocenters. The van der Waals surface area contributed by atoms with Crippen molar-refractivity contribution < 1.29 is 13.2 Å². The number of sulfone groups is 1. The van der Waals surface area contributed by atoms with Crippen LogP contribution in [0.3, 0.4) is 0 Å². The van der Waals surface area contributed by atoms with Gasteiger partial charge in [-0.3, -0.25) is 9.36 Å². The van der Waals surface area contributed by atoms with Gasteiger partial charge >= 0.3 is 0 Å². The van der Waals surface area contributed by atoms with Crippen molar-refractivity contribution in [3.63, 3.8) is 0 Å². The van der Waals surface area contributed by atoms with E-state index in [0.29, 0.717) is 17.0 Å². The van der Waals surface area contributed by atoms with Gasteiger partial charge in [-0.05, 0) is 44.2 Å². The summed E-state index contributed by atoms with van der Waals surface area (Å²) in [6, 6.07) is 9.58. The van der Waals surface area contributed by atoms with E-state index in [9.17, 15) is 13.2 Å². The maximum Gasteiger partial charge on any atom is 0.255 e. The molecule has 3 rings (SSSR count). The van der Waals surface area contributed by atoms with Crippen molar-refractivity contribution in [3.05, 3.63) is 64.6 Å². The second-order valence-electron chi connectivity index (χ2n) is 6.07. The summed E-state index contributed by atoms with van der Waals surface area (Å²) in [5, 5.41) is 0. The van der Waals surface area contributed by atoms with Crippen molar-refractivity contribution >= 4 is 15.5 Å². The number of ether oxygens (including phenoxy) is 1. The molecule has 0 N–H and O–H groups in total. The van der Waals surface area contributed by atoms with Gasteiger partial charge in [0.25, 0.3) is 5.56 Å². The lowest BCUT2D eigenvalue weighted by molar-refractivity contribution is 0.157. The van der Waals surface area contributed by atoms with E-state index < -0.39 is 15.4 Å². The topological polar surface area (TPSA) is 65.4 Å². The second kappa shape index (κ2) is 5.09. The van der Waals surface area contributed by atoms with Crippen molar-refractivity contribution in [2.75, 3.05) is 6.26 Å². The van der Waals surface area contributed by atoms with Gasteiger partial charge in [-0.1, -0.05) is 6.07 Å². The Bertz CT molecular complexity index is 968. The Balaban J connectivity index is 2.30. The van der Waals surface area contributed by atoms with Crippen LogP contribution in [0.1, 0.15) is 19.4 Å². The quantitative estimate of drug-likeness (QED) is 0.847. The van der Waals surface area contributed by atoms with Crippen molar-refractivity contribution in [1.29, 1.82) is 0 Å². The smallest absolute Gasteiger partial charge is 0.255 e. The zero-order valence-corrected chi connectivity index (χ0v) is 13.9. The van der Waals surface area contributed by atoms with Crippen LogP contribution in [0.4, 0.5) is 0 Å². The fourth-order valence-corrected chi connectivity index (χ4v) is 3.22. The van der Waals surface area contributed by atoms with E-state index in [2.05, 4.69) is 0 Å². The monoisotopic (exact) mass is 331 g/mol. The number of hydrogen-bond acceptors (Lipinski definition) is 4. The minimum atomic E-state index is -3.35. The van der Waals surface area contributed by atoms with E-state index in [1.165, 1.54) is 16.7 Å². The number of pyridine rings is 1. The highest BCUT2D eigenvalue weighted by Gasteiger charge is 2.28. The maximum atomic E-state index is 12.2. The molecule has 2 aromatic rings. The van der Waals surface area contributed by atoms with Gasteiger partial charge in [0.15, 0.2) is 9.84 Å². The number of nitrogens with zero attached hydrogens (tertiary/aromatic N) is 1. The van der Waals surface area contributed by atoms with Crippen molar-refractivity contribution in [1.82, 2.24) is 4.57 Å². The van der Waals surface area contributed by atoms with Crippen LogP contribution in [0.5, 0.6) is 5.75 Å². The van der Waals surface area contributed by atoms with Gasteiger partial charge in [0.1, 0.15) is 11.4 Å². The first-order valence-electron chi connectivity index (χ1n) is 7.12. The Morgan fingerprint density at radius 2 is 1.87 bits per heavy atom. The summed E-state index contributed by atoms with van der Waals surface area (Å²) in [5.74, 6) is 0.552. The molecule has 0 saturated heterocycles. The van der Waals surface area contributed by atoms with E-state index in [1.54, 1.807) is 30.5 Å². The third-order valence-corrected chi connectivity index (χ3v) is 4.70. The molecule has 23 heavy (non-hydrogen) atoms. The molecule has 0 saturated carbocycles. The lowest BCUT2D eigenvalue weighted by Gasteiger charge is -2.31. The zero-order valence-electron chi connectivity index (χ0n) is 13.1. The molecule has 0 bridgehead atoms. The van der Waals surface area contributed by atoms with Gasteiger partial charge in [0.05, 0.1) is 10.6 Å². The molecule has 1 aromatic carbocycles. The van der Waals surface area contributed by atoms with E-state index >= 15 is 0 Å². The zero-order chi connectivity index (χ0) is 16.8. The van der Waals surface area contributed by atoms with Crippen molar-refractivity contribution in [2.24, 2.45) is 0 Å². The lowest BCUT2D eigenvalue weighted by Crippen LogP contribution is -2.32. The summed E-state index contributed by atoms with van der Waals surface area (Å²) >= 11 is 0. The molecule has 0 aliphatic carbocycles. The summed E-state index contributed by atoms with van der Waals surface area (Å²) in [6.45, 7) is 3.77. The Labute approximate surface area is 134 Å². The van der Waals surface area contributed by atoms with Gasteiger partial charge in [0.2, 0.25) is 0 Å². The number of fused-ring (bicyclic) bond motifs is 1. The van der Waals surface area contributed by atoms with Gasteiger partial charge in [-0.2, -0.15) is 0 Å². The van der Waals surface area contributed by atoms with Gasteiger partial charge in [-0.15, -0.1) is 0 Å². The highest BCUT2D eigenvalue weighted by Crippen LogP contribution is 2.37. The normalized spacial score (nSPS) is 16.2. The standard InChI is InChI=1S/C17H17NO4S/c1-17(2)11-14(18-9-5-4-6-16(18)19)13-10-12(23(3,20)21)7-8-15(13)22-17/h4-11H,1-3H3. The summed E-state index contributed by atoms with van der Waals surface area (Å²) in [7, 11) is -3.35. The van der Waals surface area contributed by atoms with Crippen LogP contribution in [-0.4, -0.2) is 24.8 Å². The number of benzene rings is 1. The van der Waals surface area contributed by atoms with Gasteiger partial charge in [-0.25, -0.2) is 8.42 Å². The highest BCUT2D eigenvalue weighted by molar-refractivity contribution is 7.90. The summed E-state index contributed by atoms with van der Waals surface area (Å²) in [6.07, 6.45) is 4.63. The van der Waals surface area contributed by atoms with Crippen LogP contribution in [0, 0.1) is 0 Å². The van der Waals surface area contributed by atoms with E-state index in [1.807, 2.05) is 19.9 Å². The molecule has 5 nitrogen and oxygen atoms in total. The molecule has 2 heterocycles. The first-order chi connectivity index (χ1) is 10.7. The van der Waals surface area contributed by atoms with Crippen LogP contribution in [0.25, 0.3) is 5.70 Å². The Morgan fingerprint density at radius 3 is 2.52 bits per heavy atom. The predicted molar refractivity (Wildman–Crippen MR) is 88.3 cm³/mol. The van der Waals surface area contributed by atoms with Crippen LogP contribution in [0.15, 0.2) is 58.4 Å². The molecule has 0 radical (unpaired) electrons. The van der Waals surface area contributed by atoms with E-state index in [-0.39, 0.29) is 10.5 Å². The molecule has 0 spiro atoms. The number of hydrogen-bond donors (Lipinski definition) is 0. The predicted octanol–water partition coefficient (Wildman–Crippen LogP) is 2.31. The van der Waals surface area contributed by atoms with Crippen LogP contribution < -0.4 is 10.3 Å². The molecule has 120 valence electrons. The third-order valence-electron chi connectivity index (χ3n) is 3.59. The Kier molecular flexibility index (Phi) is 3.44. The average molecular weight is 331 g/mol. The molecule has 1 aromatic heterocycles. The van der Waals surface area contributed by atoms with Crippen LogP contribution in [-0.2, 0) is 9.84 Å². The third kappa shape index (κ3) is 2.94. The minimum Gasteiger partial charge on any atom is -0.483 e. The van der Waals surface area contributed by atoms with Crippen molar-refractivity contribution in [2.45, 2.75) is 24.3 Å². The second-order valence-corrected chi connectivity index (χ2v) is 8.09. The van der Waals surface area contributed by atoms with E-state index in [0.717, 1.165) is 6.26 Å². The number of rotatable bonds is 2. The summed E-state index contributed by atoms with van der Waals surface area (Å²) in [4.78, 5) is 12.4. The van der Waals surface area contributed by atoms with Gasteiger partial charge < -0.3 is 4.74 Å². The van der Waals surface area contributed by atoms with Gasteiger partial charge in [0, 0.05) is 24.1 Å². The molecule has 1 aliphatic heterocycles. The first kappa shape index (κ1) is 15.6. The molecule has 6 heteroatoms. The SMILES string of the molecule is CC1(C)C=C(n2ccccc2=O)c2cc(S(C)(=O)=O)ccc2O1. The summed E-state index contributed by atoms with van der Waals surface area (Å²) < 4.78 is 31.0. The summed E-state index contributed by atoms with van der Waals surface area (Å²) in [5.41, 5.74) is 0.407. The fraction of sp³-hybridized carbons (Fsp3) is 0.235. The molecule has 0 unspecified atom stereocenters. The average Bonchev–Trinajstić information content (AvgIpc) is 2.44. The lowest BCUT2D eigenvalue weighted by atomic mass is 9.99. The Hall–Kier alpha value is -2.34. The van der Waals surface area contributed by atoms with E-state index in [4.69, 9.17) is 4.74 Å². The molecule has 0 amide bonds. The first-order valence-corrected chi connectivity index (χ1v) is 9.01. The van der Waals surface area contributed by atoms with Crippen LogP contribution >= 0.6 is 0 Å². The van der Waals surface area contributed by atoms with Crippen LogP contribution in [0.2, 0.25) is 0 Å². The Morgan fingerprint density at radius 1 is 1.13 bits per heavy atom. The minimum absolute atomic E-state index is 0.188.